The van der Waals surface area contributed by atoms with E-state index in [0.29, 0.717) is 12.2 Å². The number of rotatable bonds is 6. The van der Waals surface area contributed by atoms with Gasteiger partial charge in [0, 0.05) is 24.5 Å². The number of nitrogens with zero attached hydrogens (tertiary/aromatic N) is 2. The molecule has 1 amide bonds. The van der Waals surface area contributed by atoms with Crippen molar-refractivity contribution in [1.82, 2.24) is 9.88 Å². The summed E-state index contributed by atoms with van der Waals surface area (Å²) < 4.78 is 0. The summed E-state index contributed by atoms with van der Waals surface area (Å²) in [6.07, 6.45) is 4.19. The third kappa shape index (κ3) is 4.49. The van der Waals surface area contributed by atoms with Crippen molar-refractivity contribution in [3.8, 4) is 0 Å². The van der Waals surface area contributed by atoms with E-state index in [9.17, 15) is 9.90 Å². The number of pyridine rings is 1. The molecule has 1 aliphatic heterocycles. The van der Waals surface area contributed by atoms with Crippen LogP contribution in [0.25, 0.3) is 0 Å². The lowest BCUT2D eigenvalue weighted by atomic mass is 10.1. The molecule has 1 N–H and O–H groups in total. The zero-order chi connectivity index (χ0) is 14.4. The summed E-state index contributed by atoms with van der Waals surface area (Å²) >= 11 is 1.61. The fourth-order valence-corrected chi connectivity index (χ4v) is 3.43. The van der Waals surface area contributed by atoms with E-state index in [0.717, 1.165) is 30.8 Å². The molecular weight excluding hydrogens is 272 g/mol. The number of amides is 1. The molecule has 0 bridgehead atoms. The largest absolute Gasteiger partial charge is 0.393 e. The quantitative estimate of drug-likeness (QED) is 0.873. The van der Waals surface area contributed by atoms with Crippen molar-refractivity contribution >= 4 is 17.7 Å². The van der Waals surface area contributed by atoms with E-state index in [1.807, 2.05) is 23.1 Å². The summed E-state index contributed by atoms with van der Waals surface area (Å²) in [5.74, 6) is 1.45. The van der Waals surface area contributed by atoms with Gasteiger partial charge >= 0.3 is 0 Å². The molecule has 0 radical (unpaired) electrons. The van der Waals surface area contributed by atoms with Crippen LogP contribution in [0, 0.1) is 0 Å². The fraction of sp³-hybridized carbons (Fsp3) is 0.600. The van der Waals surface area contributed by atoms with Crippen LogP contribution in [0.2, 0.25) is 0 Å². The Hall–Kier alpha value is -1.07. The second-order valence-electron chi connectivity index (χ2n) is 5.28. The van der Waals surface area contributed by atoms with Crippen LogP contribution >= 0.6 is 11.8 Å². The number of carbonyl (C=O) groups excluding carboxylic acids is 1. The number of aromatic nitrogens is 1. The van der Waals surface area contributed by atoms with Gasteiger partial charge in [-0.15, -0.1) is 11.8 Å². The molecule has 1 aromatic rings. The van der Waals surface area contributed by atoms with Crippen LogP contribution in [0.3, 0.4) is 0 Å². The molecule has 5 heteroatoms. The Morgan fingerprint density at radius 3 is 3.15 bits per heavy atom. The zero-order valence-corrected chi connectivity index (χ0v) is 12.7. The molecule has 2 rings (SSSR count). The van der Waals surface area contributed by atoms with E-state index < -0.39 is 0 Å². The summed E-state index contributed by atoms with van der Waals surface area (Å²) in [6.45, 7) is 2.62. The van der Waals surface area contributed by atoms with E-state index in [1.54, 1.807) is 24.9 Å². The lowest BCUT2D eigenvalue weighted by Crippen LogP contribution is -2.38. The fourth-order valence-electron chi connectivity index (χ4n) is 2.61. The minimum absolute atomic E-state index is 0.189. The Labute approximate surface area is 124 Å². The third-order valence-corrected chi connectivity index (χ3v) is 4.46. The Balaban J connectivity index is 1.76. The van der Waals surface area contributed by atoms with Crippen molar-refractivity contribution in [3.05, 3.63) is 30.1 Å². The molecule has 0 spiro atoms. The summed E-state index contributed by atoms with van der Waals surface area (Å²) in [4.78, 5) is 18.4. The van der Waals surface area contributed by atoms with Gasteiger partial charge in [0.2, 0.25) is 5.91 Å². The molecule has 0 saturated carbocycles. The molecule has 1 aliphatic rings. The molecule has 20 heavy (non-hydrogen) atoms. The maximum absolute atomic E-state index is 12.2. The summed E-state index contributed by atoms with van der Waals surface area (Å²) in [5, 5.41) is 9.49. The van der Waals surface area contributed by atoms with Crippen molar-refractivity contribution in [2.45, 2.75) is 44.1 Å². The Kier molecular flexibility index (Phi) is 5.86. The minimum atomic E-state index is -0.338. The minimum Gasteiger partial charge on any atom is -0.393 e. The third-order valence-electron chi connectivity index (χ3n) is 3.51. The maximum Gasteiger partial charge on any atom is 0.232 e. The van der Waals surface area contributed by atoms with Crippen LogP contribution in [0.1, 0.15) is 31.9 Å². The van der Waals surface area contributed by atoms with Crippen molar-refractivity contribution in [1.29, 1.82) is 0 Å². The van der Waals surface area contributed by atoms with Gasteiger partial charge in [-0.05, 0) is 38.3 Å². The normalized spacial score (nSPS) is 20.1. The molecule has 1 aromatic heterocycles. The molecule has 2 atom stereocenters. The average molecular weight is 294 g/mol. The van der Waals surface area contributed by atoms with E-state index in [2.05, 4.69) is 4.98 Å². The first-order chi connectivity index (χ1) is 9.66. The van der Waals surface area contributed by atoms with E-state index >= 15 is 0 Å². The van der Waals surface area contributed by atoms with Crippen molar-refractivity contribution < 1.29 is 9.90 Å². The molecule has 2 heterocycles. The van der Waals surface area contributed by atoms with Gasteiger partial charge in [0.1, 0.15) is 0 Å². The first-order valence-electron chi connectivity index (χ1n) is 7.12. The second-order valence-corrected chi connectivity index (χ2v) is 6.27. The number of carbonyl (C=O) groups is 1. The van der Waals surface area contributed by atoms with Gasteiger partial charge in [0.25, 0.3) is 0 Å². The standard InChI is InChI=1S/C15H22N2O2S/c1-12(18)9-14-6-4-8-17(14)15(19)11-20-10-13-5-2-3-7-16-13/h2-3,5,7,12,14,18H,4,6,8-11H2,1H3. The van der Waals surface area contributed by atoms with Crippen LogP contribution in [-0.4, -0.2) is 45.3 Å². The summed E-state index contributed by atoms with van der Waals surface area (Å²) in [5.41, 5.74) is 1.01. The lowest BCUT2D eigenvalue weighted by molar-refractivity contribution is -0.129. The highest BCUT2D eigenvalue weighted by Crippen LogP contribution is 2.23. The van der Waals surface area contributed by atoms with E-state index in [1.165, 1.54) is 0 Å². The molecule has 110 valence electrons. The highest BCUT2D eigenvalue weighted by molar-refractivity contribution is 7.99. The van der Waals surface area contributed by atoms with Crippen molar-refractivity contribution in [3.63, 3.8) is 0 Å². The van der Waals surface area contributed by atoms with Gasteiger partial charge < -0.3 is 10.0 Å². The number of hydrogen-bond donors (Lipinski definition) is 1. The van der Waals surface area contributed by atoms with Crippen LogP contribution in [0.4, 0.5) is 0 Å². The van der Waals surface area contributed by atoms with Crippen LogP contribution in [0.5, 0.6) is 0 Å². The number of aliphatic hydroxyl groups is 1. The zero-order valence-electron chi connectivity index (χ0n) is 11.9. The number of likely N-dealkylation sites (tertiary alicyclic amines) is 1. The predicted octanol–water partition coefficient (Wildman–Crippen LogP) is 2.08. The Morgan fingerprint density at radius 2 is 2.45 bits per heavy atom. The van der Waals surface area contributed by atoms with Crippen molar-refractivity contribution in [2.75, 3.05) is 12.3 Å². The van der Waals surface area contributed by atoms with Gasteiger partial charge in [-0.25, -0.2) is 0 Å². The Morgan fingerprint density at radius 1 is 1.60 bits per heavy atom. The van der Waals surface area contributed by atoms with Crippen LogP contribution < -0.4 is 0 Å². The monoisotopic (exact) mass is 294 g/mol. The molecule has 1 fully saturated rings. The van der Waals surface area contributed by atoms with Gasteiger partial charge in [-0.2, -0.15) is 0 Å². The molecular formula is C15H22N2O2S. The topological polar surface area (TPSA) is 53.4 Å². The van der Waals surface area contributed by atoms with Gasteiger partial charge in [0.05, 0.1) is 17.6 Å². The summed E-state index contributed by atoms with van der Waals surface area (Å²) in [6, 6.07) is 6.05. The van der Waals surface area contributed by atoms with Crippen LogP contribution in [-0.2, 0) is 10.5 Å². The number of aliphatic hydroxyl groups excluding tert-OH is 1. The second kappa shape index (κ2) is 7.64. The molecule has 2 unspecified atom stereocenters. The van der Waals surface area contributed by atoms with Gasteiger partial charge in [0.15, 0.2) is 0 Å². The number of hydrogen-bond acceptors (Lipinski definition) is 4. The summed E-state index contributed by atoms with van der Waals surface area (Å²) in [7, 11) is 0. The van der Waals surface area contributed by atoms with E-state index in [-0.39, 0.29) is 18.1 Å². The van der Waals surface area contributed by atoms with Gasteiger partial charge in [-0.1, -0.05) is 6.07 Å². The first kappa shape index (κ1) is 15.3. The smallest absolute Gasteiger partial charge is 0.232 e. The SMILES string of the molecule is CC(O)CC1CCCN1C(=O)CSCc1ccccn1. The molecule has 4 nitrogen and oxygen atoms in total. The van der Waals surface area contributed by atoms with Gasteiger partial charge in [-0.3, -0.25) is 9.78 Å². The first-order valence-corrected chi connectivity index (χ1v) is 8.27. The average Bonchev–Trinajstić information content (AvgIpc) is 2.87. The highest BCUT2D eigenvalue weighted by Gasteiger charge is 2.29. The molecule has 0 aromatic carbocycles. The van der Waals surface area contributed by atoms with Crippen LogP contribution in [0.15, 0.2) is 24.4 Å². The number of thioether (sulfide) groups is 1. The lowest BCUT2D eigenvalue weighted by Gasteiger charge is -2.25. The predicted molar refractivity (Wildman–Crippen MR) is 81.4 cm³/mol. The molecule has 0 aliphatic carbocycles. The maximum atomic E-state index is 12.2. The highest BCUT2D eigenvalue weighted by atomic mass is 32.2. The van der Waals surface area contributed by atoms with Crippen molar-refractivity contribution in [2.24, 2.45) is 0 Å². The molecule has 1 saturated heterocycles. The van der Waals surface area contributed by atoms with E-state index in [4.69, 9.17) is 0 Å². The Bertz CT molecular complexity index is 425.